The predicted octanol–water partition coefficient (Wildman–Crippen LogP) is 1.57. The van der Waals surface area contributed by atoms with E-state index in [0.29, 0.717) is 49.0 Å². The van der Waals surface area contributed by atoms with Gasteiger partial charge in [-0.1, -0.05) is 6.07 Å². The molecule has 0 unspecified atom stereocenters. The number of carbonyl (C=O) groups is 1. The van der Waals surface area contributed by atoms with Gasteiger partial charge in [-0.05, 0) is 24.3 Å². The number of thiophene rings is 1. The summed E-state index contributed by atoms with van der Waals surface area (Å²) in [5.74, 6) is 0. The van der Waals surface area contributed by atoms with Crippen molar-refractivity contribution in [3.05, 3.63) is 29.9 Å². The van der Waals surface area contributed by atoms with E-state index in [1.165, 1.54) is 11.3 Å². The minimum absolute atomic E-state index is 0.169. The predicted molar refractivity (Wildman–Crippen MR) is 102 cm³/mol. The summed E-state index contributed by atoms with van der Waals surface area (Å²) in [5, 5.41) is 8.71. The molecular formula is C16H23N5O4S2. The van der Waals surface area contributed by atoms with Crippen LogP contribution >= 0.6 is 11.3 Å². The summed E-state index contributed by atoms with van der Waals surface area (Å²) in [6, 6.07) is 2.92. The Morgan fingerprint density at radius 3 is 2.85 bits per heavy atom. The van der Waals surface area contributed by atoms with Gasteiger partial charge in [0.1, 0.15) is 4.21 Å². The number of sulfonamides is 1. The molecule has 1 aliphatic heterocycles. The van der Waals surface area contributed by atoms with E-state index in [1.54, 1.807) is 46.6 Å². The molecule has 0 saturated carbocycles. The molecule has 0 bridgehead atoms. The molecule has 3 rings (SSSR count). The van der Waals surface area contributed by atoms with Crippen LogP contribution in [0, 0.1) is 0 Å². The van der Waals surface area contributed by atoms with E-state index in [1.807, 2.05) is 0 Å². The van der Waals surface area contributed by atoms with Crippen molar-refractivity contribution >= 4 is 33.1 Å². The molecule has 1 aliphatic rings. The first-order chi connectivity index (χ1) is 13.0. The molecule has 11 heteroatoms. The van der Waals surface area contributed by atoms with Crippen LogP contribution in [-0.2, 0) is 21.3 Å². The number of nitrogens with zero attached hydrogens (tertiary/aromatic N) is 3. The Kier molecular flexibility index (Phi) is 6.47. The van der Waals surface area contributed by atoms with E-state index in [-0.39, 0.29) is 12.1 Å². The Hall–Kier alpha value is -1.95. The molecule has 2 aromatic heterocycles. The summed E-state index contributed by atoms with van der Waals surface area (Å²) < 4.78 is 34.3. The van der Waals surface area contributed by atoms with Crippen molar-refractivity contribution in [3.63, 3.8) is 0 Å². The highest BCUT2D eigenvalue weighted by molar-refractivity contribution is 7.91. The number of aromatic nitrogens is 2. The van der Waals surface area contributed by atoms with Crippen LogP contribution < -0.4 is 10.0 Å². The van der Waals surface area contributed by atoms with Gasteiger partial charge >= 0.3 is 6.03 Å². The van der Waals surface area contributed by atoms with Gasteiger partial charge in [-0.2, -0.15) is 5.10 Å². The van der Waals surface area contributed by atoms with Gasteiger partial charge < -0.3 is 15.0 Å². The molecule has 2 N–H and O–H groups in total. The smallest absolute Gasteiger partial charge is 0.321 e. The van der Waals surface area contributed by atoms with Gasteiger partial charge in [0.2, 0.25) is 10.0 Å². The van der Waals surface area contributed by atoms with E-state index in [9.17, 15) is 13.2 Å². The SMILES string of the molecule is COCCn1cc(NC(=O)N2CCC(NS(=O)(=O)c3cccs3)CC2)cn1. The Balaban J connectivity index is 1.47. The quantitative estimate of drug-likeness (QED) is 0.717. The highest BCUT2D eigenvalue weighted by Crippen LogP contribution is 2.19. The number of piperidine rings is 1. The third kappa shape index (κ3) is 5.28. The summed E-state index contributed by atoms with van der Waals surface area (Å²) in [7, 11) is -1.86. The topological polar surface area (TPSA) is 106 Å². The fourth-order valence-electron chi connectivity index (χ4n) is 2.83. The summed E-state index contributed by atoms with van der Waals surface area (Å²) in [4.78, 5) is 14.1. The van der Waals surface area contributed by atoms with Crippen molar-refractivity contribution in [2.24, 2.45) is 0 Å². The van der Waals surface area contributed by atoms with E-state index in [4.69, 9.17) is 4.74 Å². The third-order valence-corrected chi connectivity index (χ3v) is 7.19. The molecule has 148 valence electrons. The lowest BCUT2D eigenvalue weighted by atomic mass is 10.1. The standard InChI is InChI=1S/C16H23N5O4S2/c1-25-9-8-21-12-14(11-17-21)18-16(22)20-6-4-13(5-7-20)19-27(23,24)15-3-2-10-26-15/h2-3,10-13,19H,4-9H2,1H3,(H,18,22). The minimum atomic E-state index is -3.48. The molecule has 0 spiro atoms. The molecule has 0 aromatic carbocycles. The van der Waals surface area contributed by atoms with Crippen molar-refractivity contribution in [1.29, 1.82) is 0 Å². The number of nitrogens with one attached hydrogen (secondary N) is 2. The van der Waals surface area contributed by atoms with Crippen molar-refractivity contribution in [3.8, 4) is 0 Å². The number of carbonyl (C=O) groups excluding carboxylic acids is 1. The largest absolute Gasteiger partial charge is 0.383 e. The molecule has 0 aliphatic carbocycles. The zero-order valence-electron chi connectivity index (χ0n) is 15.0. The normalized spacial score (nSPS) is 15.8. The highest BCUT2D eigenvalue weighted by atomic mass is 32.2. The first-order valence-corrected chi connectivity index (χ1v) is 11.0. The fourth-order valence-corrected chi connectivity index (χ4v) is 5.15. The van der Waals surface area contributed by atoms with Crippen LogP contribution in [0.5, 0.6) is 0 Å². The number of amides is 2. The molecule has 1 saturated heterocycles. The number of rotatable bonds is 7. The average Bonchev–Trinajstić information content (AvgIpc) is 3.32. The molecule has 27 heavy (non-hydrogen) atoms. The van der Waals surface area contributed by atoms with E-state index in [2.05, 4.69) is 15.1 Å². The molecule has 1 fully saturated rings. The van der Waals surface area contributed by atoms with Crippen LogP contribution in [-0.4, -0.2) is 62.0 Å². The van der Waals surface area contributed by atoms with Crippen LogP contribution in [0.1, 0.15) is 12.8 Å². The lowest BCUT2D eigenvalue weighted by Gasteiger charge is -2.32. The highest BCUT2D eigenvalue weighted by Gasteiger charge is 2.27. The number of anilines is 1. The summed E-state index contributed by atoms with van der Waals surface area (Å²) in [6.45, 7) is 2.13. The van der Waals surface area contributed by atoms with Gasteiger partial charge in [-0.15, -0.1) is 11.3 Å². The van der Waals surface area contributed by atoms with Crippen LogP contribution in [0.3, 0.4) is 0 Å². The monoisotopic (exact) mass is 413 g/mol. The number of hydrogen-bond donors (Lipinski definition) is 2. The van der Waals surface area contributed by atoms with E-state index < -0.39 is 10.0 Å². The summed E-state index contributed by atoms with van der Waals surface area (Å²) in [5.41, 5.74) is 0.622. The molecular weight excluding hydrogens is 390 g/mol. The Labute approximate surface area is 162 Å². The average molecular weight is 414 g/mol. The lowest BCUT2D eigenvalue weighted by Crippen LogP contribution is -2.47. The molecule has 9 nitrogen and oxygen atoms in total. The maximum absolute atomic E-state index is 12.4. The number of ether oxygens (including phenoxy) is 1. The van der Waals surface area contributed by atoms with Crippen LogP contribution in [0.25, 0.3) is 0 Å². The summed E-state index contributed by atoms with van der Waals surface area (Å²) >= 11 is 1.19. The number of likely N-dealkylation sites (tertiary alicyclic amines) is 1. The minimum Gasteiger partial charge on any atom is -0.383 e. The lowest BCUT2D eigenvalue weighted by molar-refractivity contribution is 0.183. The first-order valence-electron chi connectivity index (χ1n) is 8.61. The van der Waals surface area contributed by atoms with Crippen LogP contribution in [0.15, 0.2) is 34.1 Å². The molecule has 0 radical (unpaired) electrons. The Bertz CT molecular complexity index is 842. The van der Waals surface area contributed by atoms with Gasteiger partial charge in [0.05, 0.1) is 25.0 Å². The zero-order chi connectivity index (χ0) is 19.3. The molecule has 2 aromatic rings. The van der Waals surface area contributed by atoms with Crippen LogP contribution in [0.2, 0.25) is 0 Å². The van der Waals surface area contributed by atoms with Gasteiger partial charge in [0.25, 0.3) is 0 Å². The number of hydrogen-bond acceptors (Lipinski definition) is 6. The third-order valence-electron chi connectivity index (χ3n) is 4.27. The maximum Gasteiger partial charge on any atom is 0.321 e. The molecule has 3 heterocycles. The fraction of sp³-hybridized carbons (Fsp3) is 0.500. The summed E-state index contributed by atoms with van der Waals surface area (Å²) in [6.07, 6.45) is 4.49. The van der Waals surface area contributed by atoms with Crippen molar-refractivity contribution in [2.75, 3.05) is 32.1 Å². The second-order valence-corrected chi connectivity index (χ2v) is 9.12. The van der Waals surface area contributed by atoms with E-state index in [0.717, 1.165) is 0 Å². The van der Waals surface area contributed by atoms with Crippen molar-refractivity contribution in [2.45, 2.75) is 29.6 Å². The Morgan fingerprint density at radius 2 is 2.19 bits per heavy atom. The Morgan fingerprint density at radius 1 is 1.41 bits per heavy atom. The van der Waals surface area contributed by atoms with Crippen LogP contribution in [0.4, 0.5) is 10.5 Å². The first kappa shape index (κ1) is 19.8. The van der Waals surface area contributed by atoms with Gasteiger partial charge in [0.15, 0.2) is 0 Å². The second kappa shape index (κ2) is 8.83. The maximum atomic E-state index is 12.4. The van der Waals surface area contributed by atoms with Gasteiger partial charge in [-0.3, -0.25) is 4.68 Å². The number of methoxy groups -OCH3 is 1. The van der Waals surface area contributed by atoms with Crippen molar-refractivity contribution < 1.29 is 17.9 Å². The van der Waals surface area contributed by atoms with Gasteiger partial charge in [-0.25, -0.2) is 17.9 Å². The molecule has 2 amide bonds. The van der Waals surface area contributed by atoms with E-state index >= 15 is 0 Å². The second-order valence-electron chi connectivity index (χ2n) is 6.23. The number of urea groups is 1. The molecule has 0 atom stereocenters. The van der Waals surface area contributed by atoms with Crippen molar-refractivity contribution in [1.82, 2.24) is 19.4 Å². The van der Waals surface area contributed by atoms with Gasteiger partial charge in [0, 0.05) is 32.4 Å². The zero-order valence-corrected chi connectivity index (χ0v) is 16.6.